The van der Waals surface area contributed by atoms with E-state index in [1.807, 2.05) is 0 Å². The molecule has 0 bridgehead atoms. The Balaban J connectivity index is 1.33. The maximum absolute atomic E-state index is 13.3. The van der Waals surface area contributed by atoms with Crippen molar-refractivity contribution in [1.29, 1.82) is 0 Å². The molecule has 7 atom stereocenters. The van der Waals surface area contributed by atoms with Gasteiger partial charge < -0.3 is 10.6 Å². The first kappa shape index (κ1) is 19.6. The van der Waals surface area contributed by atoms with Crippen LogP contribution in [0.5, 0.6) is 0 Å². The van der Waals surface area contributed by atoms with Gasteiger partial charge in [0, 0.05) is 23.4 Å². The lowest BCUT2D eigenvalue weighted by Gasteiger charge is -2.58. The fourth-order valence-corrected chi connectivity index (χ4v) is 8.31. The molecular formula is C25H38N2O2. The summed E-state index contributed by atoms with van der Waals surface area (Å²) in [6, 6.07) is 0.706. The van der Waals surface area contributed by atoms with Crippen molar-refractivity contribution in [1.82, 2.24) is 10.6 Å². The van der Waals surface area contributed by atoms with Gasteiger partial charge in [0.05, 0.1) is 0 Å². The Bertz CT molecular complexity index is 712. The smallest absolute Gasteiger partial charge is 0.243 e. The van der Waals surface area contributed by atoms with Crippen LogP contribution in [0.3, 0.4) is 0 Å². The van der Waals surface area contributed by atoms with E-state index in [9.17, 15) is 9.59 Å². The lowest BCUT2D eigenvalue weighted by molar-refractivity contribution is -0.135. The zero-order valence-electron chi connectivity index (χ0n) is 18.2. The monoisotopic (exact) mass is 398 g/mol. The van der Waals surface area contributed by atoms with E-state index >= 15 is 0 Å². The lowest BCUT2D eigenvalue weighted by atomic mass is 9.48. The van der Waals surface area contributed by atoms with Crippen molar-refractivity contribution in [2.24, 2.45) is 34.5 Å². The molecule has 2 N–H and O–H groups in total. The molecule has 4 fully saturated rings. The highest BCUT2D eigenvalue weighted by atomic mass is 16.2. The van der Waals surface area contributed by atoms with Crippen LogP contribution in [0.2, 0.25) is 0 Å². The number of hydrogen-bond donors (Lipinski definition) is 2. The molecular weight excluding hydrogens is 360 g/mol. The van der Waals surface area contributed by atoms with Crippen molar-refractivity contribution < 1.29 is 9.59 Å². The fraction of sp³-hybridized carbons (Fsp3) is 0.840. The average molecular weight is 399 g/mol. The molecule has 1 aliphatic heterocycles. The Morgan fingerprint density at radius 1 is 1.00 bits per heavy atom. The molecule has 4 saturated carbocycles. The highest BCUT2D eigenvalue weighted by Crippen LogP contribution is 2.65. The third kappa shape index (κ3) is 3.08. The van der Waals surface area contributed by atoms with Gasteiger partial charge >= 0.3 is 0 Å². The van der Waals surface area contributed by atoms with E-state index in [1.165, 1.54) is 51.4 Å². The zero-order valence-corrected chi connectivity index (χ0v) is 18.2. The van der Waals surface area contributed by atoms with E-state index in [0.717, 1.165) is 19.3 Å². The minimum Gasteiger partial charge on any atom is -0.353 e. The van der Waals surface area contributed by atoms with E-state index in [1.54, 1.807) is 6.08 Å². The molecule has 0 aromatic rings. The summed E-state index contributed by atoms with van der Waals surface area (Å²) in [5.41, 5.74) is 0.241. The summed E-state index contributed by atoms with van der Waals surface area (Å²) in [6.45, 7) is 4.80. The van der Waals surface area contributed by atoms with Gasteiger partial charge in [-0.05, 0) is 80.6 Å². The van der Waals surface area contributed by atoms with Crippen molar-refractivity contribution in [3.05, 3.63) is 12.2 Å². The summed E-state index contributed by atoms with van der Waals surface area (Å²) < 4.78 is 0. The lowest BCUT2D eigenvalue weighted by Crippen LogP contribution is -2.59. The van der Waals surface area contributed by atoms with Crippen LogP contribution in [0.15, 0.2) is 12.2 Å². The van der Waals surface area contributed by atoms with E-state index in [4.69, 9.17) is 0 Å². The second kappa shape index (κ2) is 7.13. The molecule has 29 heavy (non-hydrogen) atoms. The minimum absolute atomic E-state index is 0.0758. The van der Waals surface area contributed by atoms with Gasteiger partial charge in [0.1, 0.15) is 0 Å². The van der Waals surface area contributed by atoms with Gasteiger partial charge in [-0.15, -0.1) is 0 Å². The Labute approximate surface area is 175 Å². The van der Waals surface area contributed by atoms with Crippen LogP contribution in [0.4, 0.5) is 0 Å². The van der Waals surface area contributed by atoms with Gasteiger partial charge in [0.25, 0.3) is 0 Å². The number of rotatable bonds is 2. The summed E-state index contributed by atoms with van der Waals surface area (Å²) >= 11 is 0. The van der Waals surface area contributed by atoms with E-state index in [2.05, 4.69) is 30.6 Å². The van der Waals surface area contributed by atoms with Crippen LogP contribution in [-0.2, 0) is 9.59 Å². The molecule has 5 rings (SSSR count). The van der Waals surface area contributed by atoms with Crippen LogP contribution in [0.1, 0.15) is 84.5 Å². The Hall–Kier alpha value is -1.32. The van der Waals surface area contributed by atoms with Gasteiger partial charge in [-0.1, -0.05) is 39.2 Å². The first-order chi connectivity index (χ1) is 13.9. The summed E-state index contributed by atoms with van der Waals surface area (Å²) in [5.74, 6) is 2.62. The average Bonchev–Trinajstić information content (AvgIpc) is 3.06. The predicted molar refractivity (Wildman–Crippen MR) is 114 cm³/mol. The maximum atomic E-state index is 13.3. The molecule has 4 aliphatic carbocycles. The Morgan fingerprint density at radius 2 is 1.79 bits per heavy atom. The van der Waals surface area contributed by atoms with Gasteiger partial charge in [0.15, 0.2) is 0 Å². The summed E-state index contributed by atoms with van der Waals surface area (Å²) in [7, 11) is 0. The Kier molecular flexibility index (Phi) is 4.83. The number of amides is 2. The Morgan fingerprint density at radius 3 is 2.59 bits per heavy atom. The molecule has 2 amide bonds. The molecule has 4 heteroatoms. The summed E-state index contributed by atoms with van der Waals surface area (Å²) in [4.78, 5) is 25.2. The second-order valence-corrected chi connectivity index (χ2v) is 11.2. The molecule has 0 spiro atoms. The SMILES string of the molecule is C[C@]12C=CC(=O)N[C@@H]1CC[C@@H]1[C@@H]2CC[C@]2(C)[C@@H](C(=O)NC3CCCCC3)CC[C@@H]12. The van der Waals surface area contributed by atoms with Gasteiger partial charge in [-0.3, -0.25) is 9.59 Å². The number of carbonyl (C=O) groups excluding carboxylic acids is 2. The van der Waals surface area contributed by atoms with Crippen molar-refractivity contribution >= 4 is 11.8 Å². The van der Waals surface area contributed by atoms with Crippen LogP contribution in [0, 0.1) is 34.5 Å². The maximum Gasteiger partial charge on any atom is 0.243 e. The number of carbonyl (C=O) groups is 2. The van der Waals surface area contributed by atoms with E-state index in [0.29, 0.717) is 29.7 Å². The number of hydrogen-bond acceptors (Lipinski definition) is 2. The zero-order chi connectivity index (χ0) is 20.2. The van der Waals surface area contributed by atoms with Crippen LogP contribution >= 0.6 is 0 Å². The van der Waals surface area contributed by atoms with Crippen LogP contribution in [0.25, 0.3) is 0 Å². The molecule has 160 valence electrons. The third-order valence-electron chi connectivity index (χ3n) is 9.95. The molecule has 0 aromatic carbocycles. The van der Waals surface area contributed by atoms with Crippen molar-refractivity contribution in [2.45, 2.75) is 96.6 Å². The second-order valence-electron chi connectivity index (χ2n) is 11.2. The molecule has 0 radical (unpaired) electrons. The largest absolute Gasteiger partial charge is 0.353 e. The van der Waals surface area contributed by atoms with Crippen LogP contribution < -0.4 is 10.6 Å². The van der Waals surface area contributed by atoms with Gasteiger partial charge in [-0.2, -0.15) is 0 Å². The quantitative estimate of drug-likeness (QED) is 0.726. The van der Waals surface area contributed by atoms with E-state index < -0.39 is 0 Å². The first-order valence-electron chi connectivity index (χ1n) is 12.2. The molecule has 0 saturated heterocycles. The van der Waals surface area contributed by atoms with E-state index in [-0.39, 0.29) is 28.7 Å². The van der Waals surface area contributed by atoms with Crippen molar-refractivity contribution in [2.75, 3.05) is 0 Å². The number of nitrogens with one attached hydrogen (secondary N) is 2. The van der Waals surface area contributed by atoms with Gasteiger partial charge in [-0.25, -0.2) is 0 Å². The van der Waals surface area contributed by atoms with Gasteiger partial charge in [0.2, 0.25) is 11.8 Å². The topological polar surface area (TPSA) is 58.2 Å². The first-order valence-corrected chi connectivity index (χ1v) is 12.2. The molecule has 0 unspecified atom stereocenters. The fourth-order valence-electron chi connectivity index (χ4n) is 8.31. The highest BCUT2D eigenvalue weighted by Gasteiger charge is 2.60. The molecule has 1 heterocycles. The number of fused-ring (bicyclic) bond motifs is 5. The highest BCUT2D eigenvalue weighted by molar-refractivity contribution is 5.89. The molecule has 0 aromatic heterocycles. The normalized spacial score (nSPS) is 47.0. The molecule has 4 nitrogen and oxygen atoms in total. The third-order valence-corrected chi connectivity index (χ3v) is 9.95. The standard InChI is InChI=1S/C25H38N2O2/c1-24-14-12-19-17(8-11-21-25(19,2)15-13-22(28)27-21)18(24)9-10-20(24)23(29)26-16-6-4-3-5-7-16/h13,15-21H,3-12,14H2,1-2H3,(H,26,29)(H,27,28)/t17-,18-,19-,20+,21+,24-,25+/m0/s1. The predicted octanol–water partition coefficient (Wildman–Crippen LogP) is 4.35. The van der Waals surface area contributed by atoms with Crippen molar-refractivity contribution in [3.8, 4) is 0 Å². The molecule has 5 aliphatic rings. The summed E-state index contributed by atoms with van der Waals surface area (Å²) in [6.07, 6.45) is 17.1. The summed E-state index contributed by atoms with van der Waals surface area (Å²) in [5, 5.41) is 6.69. The van der Waals surface area contributed by atoms with Crippen molar-refractivity contribution in [3.63, 3.8) is 0 Å². The van der Waals surface area contributed by atoms with Crippen LogP contribution in [-0.4, -0.2) is 23.9 Å². The minimum atomic E-state index is 0.0758.